The fourth-order valence-electron chi connectivity index (χ4n) is 2.14. The molecule has 3 aromatic rings. The van der Waals surface area contributed by atoms with E-state index in [2.05, 4.69) is 38.5 Å². The number of carbonyl (C=O) groups is 1. The number of hydrogen-bond acceptors (Lipinski definition) is 5. The zero-order valence-electron chi connectivity index (χ0n) is 13.1. The lowest BCUT2D eigenvalue weighted by atomic mass is 10.0. The lowest BCUT2D eigenvalue weighted by Crippen LogP contribution is -2.14. The fourth-order valence-corrected chi connectivity index (χ4v) is 2.84. The zero-order chi connectivity index (χ0) is 16.4. The van der Waals surface area contributed by atoms with Gasteiger partial charge < -0.3 is 0 Å². The first-order valence-electron chi connectivity index (χ1n) is 7.16. The Labute approximate surface area is 138 Å². The summed E-state index contributed by atoms with van der Waals surface area (Å²) in [6, 6.07) is 6.25. The van der Waals surface area contributed by atoms with Crippen molar-refractivity contribution >= 4 is 22.4 Å². The van der Waals surface area contributed by atoms with Crippen molar-refractivity contribution in [2.45, 2.75) is 20.8 Å². The number of amides is 1. The van der Waals surface area contributed by atoms with E-state index in [-0.39, 0.29) is 11.6 Å². The second-order valence-corrected chi connectivity index (χ2v) is 6.21. The standard InChI is InChI=1S/C17H16N4OS/c1-10-4-5-11(2)13(6-10)15-9-23-17(20-15)21-16(22)14-8-18-12(3)7-19-14/h4-9H,1-3H3,(H,20,21,22). The smallest absolute Gasteiger partial charge is 0.277 e. The van der Waals surface area contributed by atoms with Crippen LogP contribution in [-0.4, -0.2) is 20.9 Å². The Morgan fingerprint density at radius 3 is 2.70 bits per heavy atom. The van der Waals surface area contributed by atoms with Gasteiger partial charge in [-0.3, -0.25) is 15.1 Å². The molecule has 1 amide bonds. The van der Waals surface area contributed by atoms with Gasteiger partial charge >= 0.3 is 0 Å². The van der Waals surface area contributed by atoms with Crippen molar-refractivity contribution in [2.24, 2.45) is 0 Å². The summed E-state index contributed by atoms with van der Waals surface area (Å²) in [5.41, 5.74) is 5.33. The quantitative estimate of drug-likeness (QED) is 0.796. The molecule has 0 unspecified atom stereocenters. The normalized spacial score (nSPS) is 10.6. The maximum absolute atomic E-state index is 12.1. The van der Waals surface area contributed by atoms with Crippen molar-refractivity contribution in [1.29, 1.82) is 0 Å². The summed E-state index contributed by atoms with van der Waals surface area (Å²) < 4.78 is 0. The zero-order valence-corrected chi connectivity index (χ0v) is 13.9. The van der Waals surface area contributed by atoms with Crippen LogP contribution in [0.15, 0.2) is 36.0 Å². The van der Waals surface area contributed by atoms with Crippen molar-refractivity contribution in [3.63, 3.8) is 0 Å². The van der Waals surface area contributed by atoms with Crippen molar-refractivity contribution in [3.05, 3.63) is 58.5 Å². The average molecular weight is 324 g/mol. The van der Waals surface area contributed by atoms with Gasteiger partial charge in [-0.2, -0.15) is 0 Å². The van der Waals surface area contributed by atoms with E-state index < -0.39 is 0 Å². The molecule has 1 N–H and O–H groups in total. The molecule has 0 aliphatic carbocycles. The lowest BCUT2D eigenvalue weighted by Gasteiger charge is -2.04. The number of hydrogen-bond donors (Lipinski definition) is 1. The van der Waals surface area contributed by atoms with Gasteiger partial charge in [0.2, 0.25) is 0 Å². The second-order valence-electron chi connectivity index (χ2n) is 5.35. The predicted molar refractivity (Wildman–Crippen MR) is 91.7 cm³/mol. The Balaban J connectivity index is 1.81. The number of rotatable bonds is 3. The lowest BCUT2D eigenvalue weighted by molar-refractivity contribution is 0.102. The molecule has 0 aliphatic heterocycles. The molecule has 23 heavy (non-hydrogen) atoms. The summed E-state index contributed by atoms with van der Waals surface area (Å²) in [6.07, 6.45) is 3.03. The summed E-state index contributed by atoms with van der Waals surface area (Å²) in [6.45, 7) is 5.92. The maximum atomic E-state index is 12.1. The molecule has 6 heteroatoms. The SMILES string of the molecule is Cc1ccc(C)c(-c2csc(NC(=O)c3cnc(C)cn3)n2)c1. The molecular weight excluding hydrogens is 308 g/mol. The van der Waals surface area contributed by atoms with Gasteiger partial charge in [0.15, 0.2) is 5.13 Å². The number of aromatic nitrogens is 3. The Bertz CT molecular complexity index is 855. The van der Waals surface area contributed by atoms with Gasteiger partial charge in [-0.15, -0.1) is 11.3 Å². The van der Waals surface area contributed by atoms with Gasteiger partial charge in [0.05, 0.1) is 17.6 Å². The Morgan fingerprint density at radius 2 is 1.96 bits per heavy atom. The van der Waals surface area contributed by atoms with E-state index in [1.165, 1.54) is 23.1 Å². The molecular formula is C17H16N4OS. The first kappa shape index (κ1) is 15.3. The van der Waals surface area contributed by atoms with E-state index >= 15 is 0 Å². The van der Waals surface area contributed by atoms with E-state index in [0.29, 0.717) is 5.13 Å². The van der Waals surface area contributed by atoms with Crippen LogP contribution in [0, 0.1) is 20.8 Å². The van der Waals surface area contributed by atoms with Crippen LogP contribution in [0.25, 0.3) is 11.3 Å². The van der Waals surface area contributed by atoms with E-state index in [1.807, 2.05) is 26.2 Å². The number of aryl methyl sites for hydroxylation is 3. The van der Waals surface area contributed by atoms with Crippen molar-refractivity contribution in [2.75, 3.05) is 5.32 Å². The molecule has 0 radical (unpaired) electrons. The molecule has 116 valence electrons. The summed E-state index contributed by atoms with van der Waals surface area (Å²) in [5.74, 6) is -0.306. The summed E-state index contributed by atoms with van der Waals surface area (Å²) >= 11 is 1.39. The van der Waals surface area contributed by atoms with E-state index in [9.17, 15) is 4.79 Å². The van der Waals surface area contributed by atoms with Crippen LogP contribution in [0.5, 0.6) is 0 Å². The summed E-state index contributed by atoms with van der Waals surface area (Å²) in [4.78, 5) is 24.8. The molecule has 0 fully saturated rings. The Kier molecular flexibility index (Phi) is 4.16. The van der Waals surface area contributed by atoms with Crippen LogP contribution >= 0.6 is 11.3 Å². The minimum atomic E-state index is -0.306. The van der Waals surface area contributed by atoms with Crippen LogP contribution in [0.2, 0.25) is 0 Å². The van der Waals surface area contributed by atoms with E-state index in [4.69, 9.17) is 0 Å². The largest absolute Gasteiger partial charge is 0.296 e. The van der Waals surface area contributed by atoms with Crippen LogP contribution < -0.4 is 5.32 Å². The Hall–Kier alpha value is -2.60. The third kappa shape index (κ3) is 3.43. The molecule has 0 aliphatic rings. The van der Waals surface area contributed by atoms with Crippen LogP contribution in [0.1, 0.15) is 27.3 Å². The van der Waals surface area contributed by atoms with Crippen LogP contribution in [-0.2, 0) is 0 Å². The van der Waals surface area contributed by atoms with Gasteiger partial charge in [-0.1, -0.05) is 17.7 Å². The van der Waals surface area contributed by atoms with Crippen LogP contribution in [0.4, 0.5) is 5.13 Å². The molecule has 0 atom stereocenters. The summed E-state index contributed by atoms with van der Waals surface area (Å²) in [7, 11) is 0. The minimum Gasteiger partial charge on any atom is -0.296 e. The van der Waals surface area contributed by atoms with Crippen molar-refractivity contribution < 1.29 is 4.79 Å². The van der Waals surface area contributed by atoms with Gasteiger partial charge in [-0.25, -0.2) is 9.97 Å². The molecule has 0 saturated carbocycles. The maximum Gasteiger partial charge on any atom is 0.277 e. The molecule has 1 aromatic carbocycles. The molecule has 2 aromatic heterocycles. The van der Waals surface area contributed by atoms with Gasteiger partial charge in [0, 0.05) is 17.1 Å². The topological polar surface area (TPSA) is 67.8 Å². The summed E-state index contributed by atoms with van der Waals surface area (Å²) in [5, 5.41) is 5.26. The molecule has 3 rings (SSSR count). The molecule has 0 saturated heterocycles. The Morgan fingerprint density at radius 1 is 1.13 bits per heavy atom. The number of benzene rings is 1. The van der Waals surface area contributed by atoms with Crippen LogP contribution in [0.3, 0.4) is 0 Å². The minimum absolute atomic E-state index is 0.277. The number of thiazole rings is 1. The first-order valence-corrected chi connectivity index (χ1v) is 8.04. The third-order valence-electron chi connectivity index (χ3n) is 3.41. The molecule has 0 bridgehead atoms. The second kappa shape index (κ2) is 6.26. The molecule has 5 nitrogen and oxygen atoms in total. The highest BCUT2D eigenvalue weighted by Gasteiger charge is 2.12. The van der Waals surface area contributed by atoms with Crippen molar-refractivity contribution in [1.82, 2.24) is 15.0 Å². The highest BCUT2D eigenvalue weighted by atomic mass is 32.1. The highest BCUT2D eigenvalue weighted by molar-refractivity contribution is 7.14. The molecule has 0 spiro atoms. The highest BCUT2D eigenvalue weighted by Crippen LogP contribution is 2.28. The van der Waals surface area contributed by atoms with E-state index in [0.717, 1.165) is 22.5 Å². The van der Waals surface area contributed by atoms with E-state index in [1.54, 1.807) is 6.20 Å². The first-order chi connectivity index (χ1) is 11.0. The van der Waals surface area contributed by atoms with Gasteiger partial charge in [0.25, 0.3) is 5.91 Å². The third-order valence-corrected chi connectivity index (χ3v) is 4.16. The predicted octanol–water partition coefficient (Wildman–Crippen LogP) is 3.78. The van der Waals surface area contributed by atoms with Gasteiger partial charge in [0.1, 0.15) is 5.69 Å². The van der Waals surface area contributed by atoms with Crippen molar-refractivity contribution in [3.8, 4) is 11.3 Å². The average Bonchev–Trinajstić information content (AvgIpc) is 2.98. The number of carbonyl (C=O) groups excluding carboxylic acids is 1. The monoisotopic (exact) mass is 324 g/mol. The number of nitrogens with zero attached hydrogens (tertiary/aromatic N) is 3. The number of nitrogens with one attached hydrogen (secondary N) is 1. The number of anilines is 1. The fraction of sp³-hybridized carbons (Fsp3) is 0.176. The van der Waals surface area contributed by atoms with Gasteiger partial charge in [-0.05, 0) is 32.4 Å². The molecule has 2 heterocycles.